The van der Waals surface area contributed by atoms with Crippen LogP contribution in [0.5, 0.6) is 0 Å². The van der Waals surface area contributed by atoms with E-state index in [2.05, 4.69) is 24.5 Å². The van der Waals surface area contributed by atoms with Gasteiger partial charge in [0, 0.05) is 25.0 Å². The summed E-state index contributed by atoms with van der Waals surface area (Å²) >= 11 is 0. The van der Waals surface area contributed by atoms with Crippen molar-refractivity contribution in [1.82, 2.24) is 10.6 Å². The van der Waals surface area contributed by atoms with Crippen LogP contribution in [0.15, 0.2) is 4.99 Å². The Morgan fingerprint density at radius 1 is 1.19 bits per heavy atom. The topological polar surface area (TPSA) is 56.7 Å². The molecule has 0 amide bonds. The number of aliphatic hydroxyl groups is 1. The predicted molar refractivity (Wildman–Crippen MR) is 99.3 cm³/mol. The van der Waals surface area contributed by atoms with Gasteiger partial charge in [-0.3, -0.25) is 4.99 Å². The highest BCUT2D eigenvalue weighted by Crippen LogP contribution is 2.26. The second kappa shape index (κ2) is 9.87. The van der Waals surface area contributed by atoms with Crippen LogP contribution in [0.25, 0.3) is 0 Å². The lowest BCUT2D eigenvalue weighted by Crippen LogP contribution is -2.45. The van der Waals surface area contributed by atoms with Gasteiger partial charge in [0.1, 0.15) is 0 Å². The van der Waals surface area contributed by atoms with E-state index in [0.717, 1.165) is 44.2 Å². The largest absolute Gasteiger partial charge is 0.393 e. The standard InChI is InChI=1S/C16H31N3O.HI/c1-3-17-16(18-11-13-7-5-9-15(13)20)19-14-8-4-6-12(2)10-14;/h12-15,20H,3-11H2,1-2H3,(H2,17,18,19);1H. The van der Waals surface area contributed by atoms with E-state index < -0.39 is 0 Å². The Kier molecular flexibility index (Phi) is 8.94. The van der Waals surface area contributed by atoms with Gasteiger partial charge in [0.25, 0.3) is 0 Å². The minimum absolute atomic E-state index is 0. The summed E-state index contributed by atoms with van der Waals surface area (Å²) in [4.78, 5) is 4.70. The van der Waals surface area contributed by atoms with Crippen molar-refractivity contribution in [2.75, 3.05) is 13.1 Å². The maximum atomic E-state index is 9.88. The van der Waals surface area contributed by atoms with Crippen molar-refractivity contribution in [3.05, 3.63) is 0 Å². The van der Waals surface area contributed by atoms with Crippen LogP contribution in [-0.4, -0.2) is 36.3 Å². The Labute approximate surface area is 146 Å². The Morgan fingerprint density at radius 3 is 2.57 bits per heavy atom. The molecule has 2 saturated carbocycles. The zero-order valence-corrected chi connectivity index (χ0v) is 15.8. The van der Waals surface area contributed by atoms with E-state index in [9.17, 15) is 5.11 Å². The van der Waals surface area contributed by atoms with Gasteiger partial charge in [-0.1, -0.05) is 26.2 Å². The summed E-state index contributed by atoms with van der Waals surface area (Å²) in [6.45, 7) is 6.08. The predicted octanol–water partition coefficient (Wildman–Crippen LogP) is 2.90. The van der Waals surface area contributed by atoms with Gasteiger partial charge in [-0.25, -0.2) is 0 Å². The maximum Gasteiger partial charge on any atom is 0.191 e. The van der Waals surface area contributed by atoms with E-state index >= 15 is 0 Å². The van der Waals surface area contributed by atoms with Gasteiger partial charge in [0.15, 0.2) is 5.96 Å². The molecule has 0 saturated heterocycles. The third-order valence-corrected chi connectivity index (χ3v) is 4.72. The molecular formula is C16H32IN3O. The molecule has 2 rings (SSSR count). The molecule has 0 radical (unpaired) electrons. The normalized spacial score (nSPS) is 33.4. The second-order valence-electron chi connectivity index (χ2n) is 6.59. The van der Waals surface area contributed by atoms with E-state index in [4.69, 9.17) is 4.99 Å². The van der Waals surface area contributed by atoms with E-state index in [1.807, 2.05) is 0 Å². The molecule has 5 heteroatoms. The molecule has 2 fully saturated rings. The summed E-state index contributed by atoms with van der Waals surface area (Å²) in [6, 6.07) is 0.560. The minimum Gasteiger partial charge on any atom is -0.393 e. The number of guanidine groups is 1. The third-order valence-electron chi connectivity index (χ3n) is 4.72. The van der Waals surface area contributed by atoms with E-state index in [-0.39, 0.29) is 30.1 Å². The molecule has 124 valence electrons. The first-order valence-corrected chi connectivity index (χ1v) is 8.42. The second-order valence-corrected chi connectivity index (χ2v) is 6.59. The molecular weight excluding hydrogens is 377 g/mol. The van der Waals surface area contributed by atoms with Crippen LogP contribution in [0.2, 0.25) is 0 Å². The summed E-state index contributed by atoms with van der Waals surface area (Å²) in [5, 5.41) is 16.8. The Balaban J connectivity index is 0.00000220. The molecule has 0 spiro atoms. The molecule has 0 aromatic rings. The molecule has 2 aliphatic carbocycles. The summed E-state index contributed by atoms with van der Waals surface area (Å²) < 4.78 is 0. The number of hydrogen-bond acceptors (Lipinski definition) is 2. The third kappa shape index (κ3) is 6.30. The number of hydrogen-bond donors (Lipinski definition) is 3. The first kappa shape index (κ1) is 19.0. The van der Waals surface area contributed by atoms with Crippen molar-refractivity contribution in [3.8, 4) is 0 Å². The van der Waals surface area contributed by atoms with E-state index in [1.54, 1.807) is 0 Å². The minimum atomic E-state index is -0.142. The van der Waals surface area contributed by atoms with Gasteiger partial charge in [-0.15, -0.1) is 24.0 Å². The lowest BCUT2D eigenvalue weighted by atomic mass is 9.87. The van der Waals surface area contributed by atoms with Gasteiger partial charge in [0.2, 0.25) is 0 Å². The molecule has 0 aromatic heterocycles. The molecule has 2 aliphatic rings. The van der Waals surface area contributed by atoms with Gasteiger partial charge in [-0.2, -0.15) is 0 Å². The van der Waals surface area contributed by atoms with E-state index in [0.29, 0.717) is 12.0 Å². The lowest BCUT2D eigenvalue weighted by Gasteiger charge is -2.29. The smallest absolute Gasteiger partial charge is 0.191 e. The quantitative estimate of drug-likeness (QED) is 0.380. The highest BCUT2D eigenvalue weighted by atomic mass is 127. The van der Waals surface area contributed by atoms with E-state index in [1.165, 1.54) is 25.7 Å². The number of rotatable bonds is 4. The average molecular weight is 409 g/mol. The SMILES string of the molecule is CCNC(=NCC1CCCC1O)NC1CCCC(C)C1.I. The van der Waals surface area contributed by atoms with Crippen molar-refractivity contribution in [2.45, 2.75) is 70.9 Å². The molecule has 0 heterocycles. The average Bonchev–Trinajstić information content (AvgIpc) is 2.82. The van der Waals surface area contributed by atoms with Crippen molar-refractivity contribution in [1.29, 1.82) is 0 Å². The molecule has 3 N–H and O–H groups in total. The highest BCUT2D eigenvalue weighted by Gasteiger charge is 2.25. The molecule has 4 nitrogen and oxygen atoms in total. The number of nitrogens with zero attached hydrogens (tertiary/aromatic N) is 1. The Morgan fingerprint density at radius 2 is 1.95 bits per heavy atom. The monoisotopic (exact) mass is 409 g/mol. The van der Waals surface area contributed by atoms with Gasteiger partial charge in [0.05, 0.1) is 6.10 Å². The van der Waals surface area contributed by atoms with Crippen LogP contribution in [-0.2, 0) is 0 Å². The summed E-state index contributed by atoms with van der Waals surface area (Å²) in [5.41, 5.74) is 0. The van der Waals surface area contributed by atoms with Crippen molar-refractivity contribution < 1.29 is 5.11 Å². The molecule has 21 heavy (non-hydrogen) atoms. The summed E-state index contributed by atoms with van der Waals surface area (Å²) in [5.74, 6) is 2.11. The van der Waals surface area contributed by atoms with Crippen LogP contribution in [0.3, 0.4) is 0 Å². The Bertz CT molecular complexity index is 325. The van der Waals surface area contributed by atoms with Crippen LogP contribution < -0.4 is 10.6 Å². The number of aliphatic hydroxyl groups excluding tert-OH is 1. The lowest BCUT2D eigenvalue weighted by molar-refractivity contribution is 0.136. The number of halogens is 1. The van der Waals surface area contributed by atoms with Gasteiger partial charge in [-0.05, 0) is 38.5 Å². The number of nitrogens with one attached hydrogen (secondary N) is 2. The van der Waals surface area contributed by atoms with Crippen molar-refractivity contribution in [3.63, 3.8) is 0 Å². The number of aliphatic imine (C=N–C) groups is 1. The molecule has 0 aromatic carbocycles. The summed E-state index contributed by atoms with van der Waals surface area (Å²) in [7, 11) is 0. The van der Waals surface area contributed by atoms with Crippen LogP contribution in [0.4, 0.5) is 0 Å². The van der Waals surface area contributed by atoms with Crippen LogP contribution >= 0.6 is 24.0 Å². The zero-order chi connectivity index (χ0) is 14.4. The van der Waals surface area contributed by atoms with Gasteiger partial charge >= 0.3 is 0 Å². The Hall–Kier alpha value is -0.0400. The fraction of sp³-hybridized carbons (Fsp3) is 0.938. The summed E-state index contributed by atoms with van der Waals surface area (Å²) in [6.07, 6.45) is 8.24. The van der Waals surface area contributed by atoms with Crippen LogP contribution in [0.1, 0.15) is 58.8 Å². The zero-order valence-electron chi connectivity index (χ0n) is 13.5. The first-order valence-electron chi connectivity index (χ1n) is 8.42. The van der Waals surface area contributed by atoms with Crippen molar-refractivity contribution >= 4 is 29.9 Å². The fourth-order valence-corrected chi connectivity index (χ4v) is 3.52. The van der Waals surface area contributed by atoms with Crippen LogP contribution in [0, 0.1) is 11.8 Å². The molecule has 4 unspecified atom stereocenters. The molecule has 4 atom stereocenters. The first-order chi connectivity index (χ1) is 9.69. The molecule has 0 bridgehead atoms. The van der Waals surface area contributed by atoms with Crippen molar-refractivity contribution in [2.24, 2.45) is 16.8 Å². The fourth-order valence-electron chi connectivity index (χ4n) is 3.52. The highest BCUT2D eigenvalue weighted by molar-refractivity contribution is 14.0. The van der Waals surface area contributed by atoms with Gasteiger partial charge < -0.3 is 15.7 Å². The maximum absolute atomic E-state index is 9.88. The molecule has 0 aliphatic heterocycles.